The molecule has 0 aliphatic rings. The van der Waals surface area contributed by atoms with Crippen LogP contribution in [-0.4, -0.2) is 46.9 Å². The second kappa shape index (κ2) is 11.5. The molecule has 0 saturated heterocycles. The van der Waals surface area contributed by atoms with Crippen LogP contribution in [0.25, 0.3) is 0 Å². The zero-order valence-electron chi connectivity index (χ0n) is 19.2. The number of aliphatic carboxylic acids is 1. The molecule has 0 bridgehead atoms. The smallest absolute Gasteiger partial charge is 0.480 e. The molecule has 0 spiro atoms. The molecule has 3 N–H and O–H groups in total. The van der Waals surface area contributed by atoms with Gasteiger partial charge in [-0.3, -0.25) is 14.4 Å². The van der Waals surface area contributed by atoms with Gasteiger partial charge in [-0.05, 0) is 51.3 Å². The fourth-order valence-electron chi connectivity index (χ4n) is 2.78. The quantitative estimate of drug-likeness (QED) is 0.399. The van der Waals surface area contributed by atoms with Crippen LogP contribution in [0.2, 0.25) is 0 Å². The number of ether oxygens (including phenoxy) is 4. The van der Waals surface area contributed by atoms with Crippen LogP contribution in [0.1, 0.15) is 65.9 Å². The lowest BCUT2D eigenvalue weighted by Crippen LogP contribution is -2.38. The Morgan fingerprint density at radius 2 is 1.62 bits per heavy atom. The molecule has 0 fully saturated rings. The monoisotopic (exact) mass is 453 g/mol. The normalized spacial score (nSPS) is 14.0. The van der Waals surface area contributed by atoms with E-state index < -0.39 is 47.7 Å². The zero-order chi connectivity index (χ0) is 24.6. The number of hydrogen-bond acceptors (Lipinski definition) is 9. The predicted molar refractivity (Wildman–Crippen MR) is 113 cm³/mol. The second-order valence-corrected chi connectivity index (χ2v) is 7.99. The summed E-state index contributed by atoms with van der Waals surface area (Å²) in [5.74, 6) is -3.45. The van der Waals surface area contributed by atoms with E-state index in [0.29, 0.717) is 12.0 Å². The number of rotatable bonds is 10. The Balaban J connectivity index is 3.18. The van der Waals surface area contributed by atoms with Gasteiger partial charge in [0.05, 0.1) is 0 Å². The molecule has 1 aromatic carbocycles. The molecule has 0 amide bonds. The Bertz CT molecular complexity index is 850. The van der Waals surface area contributed by atoms with Gasteiger partial charge in [0.1, 0.15) is 17.7 Å². The van der Waals surface area contributed by atoms with E-state index in [9.17, 15) is 24.3 Å². The number of carboxylic acid groups (broad SMARTS) is 1. The number of carbonyl (C=O) groups is 4. The Labute approximate surface area is 187 Å². The molecule has 178 valence electrons. The SMILES string of the molecule is CCC(C)(C)OC(=O)OC(C)CC(c1ccc(OC(C)=O)c(OC(C)=O)c1)[C@H](N)C(=O)O. The maximum atomic E-state index is 12.1. The van der Waals surface area contributed by atoms with Crippen LogP contribution >= 0.6 is 0 Å². The highest BCUT2D eigenvalue weighted by Crippen LogP contribution is 2.34. The minimum atomic E-state index is -1.35. The van der Waals surface area contributed by atoms with Crippen molar-refractivity contribution >= 4 is 24.1 Å². The van der Waals surface area contributed by atoms with Gasteiger partial charge in [-0.15, -0.1) is 0 Å². The molecule has 2 unspecified atom stereocenters. The van der Waals surface area contributed by atoms with Crippen molar-refractivity contribution in [3.8, 4) is 11.5 Å². The van der Waals surface area contributed by atoms with Crippen LogP contribution in [0, 0.1) is 0 Å². The molecule has 32 heavy (non-hydrogen) atoms. The average Bonchev–Trinajstić information content (AvgIpc) is 2.65. The summed E-state index contributed by atoms with van der Waals surface area (Å²) in [6.07, 6.45) is -0.994. The number of esters is 2. The summed E-state index contributed by atoms with van der Waals surface area (Å²) in [6, 6.07) is 2.90. The van der Waals surface area contributed by atoms with E-state index in [-0.39, 0.29) is 17.9 Å². The lowest BCUT2D eigenvalue weighted by Gasteiger charge is -2.27. The first-order valence-corrected chi connectivity index (χ1v) is 10.1. The lowest BCUT2D eigenvalue weighted by atomic mass is 9.87. The van der Waals surface area contributed by atoms with E-state index in [1.165, 1.54) is 32.0 Å². The summed E-state index contributed by atoms with van der Waals surface area (Å²) < 4.78 is 20.7. The molecule has 10 heteroatoms. The van der Waals surface area contributed by atoms with Crippen LogP contribution in [0.4, 0.5) is 4.79 Å². The fraction of sp³-hybridized carbons (Fsp3) is 0.545. The second-order valence-electron chi connectivity index (χ2n) is 7.99. The van der Waals surface area contributed by atoms with Crippen molar-refractivity contribution in [1.82, 2.24) is 0 Å². The molecule has 0 aliphatic heterocycles. The van der Waals surface area contributed by atoms with Gasteiger partial charge in [0, 0.05) is 19.8 Å². The van der Waals surface area contributed by atoms with Crippen molar-refractivity contribution < 1.29 is 43.2 Å². The molecule has 0 radical (unpaired) electrons. The number of benzene rings is 1. The molecule has 0 heterocycles. The standard InChI is InChI=1S/C22H31NO9/c1-7-22(5,6)32-21(28)29-12(2)10-16(19(23)20(26)27)15-8-9-17(30-13(3)24)18(11-15)31-14(4)25/h8-9,11-12,16,19H,7,10,23H2,1-6H3,(H,26,27)/t12?,16?,19-/m0/s1. The van der Waals surface area contributed by atoms with E-state index in [1.807, 2.05) is 6.92 Å². The summed E-state index contributed by atoms with van der Waals surface area (Å²) in [5.41, 5.74) is 5.58. The topological polar surface area (TPSA) is 151 Å². The molecule has 0 saturated carbocycles. The minimum absolute atomic E-state index is 0.00577. The summed E-state index contributed by atoms with van der Waals surface area (Å²) in [6.45, 7) is 9.28. The molecule has 1 aromatic rings. The Hall–Kier alpha value is -3.14. The Morgan fingerprint density at radius 1 is 1.06 bits per heavy atom. The van der Waals surface area contributed by atoms with E-state index >= 15 is 0 Å². The van der Waals surface area contributed by atoms with Gasteiger partial charge in [-0.1, -0.05) is 13.0 Å². The van der Waals surface area contributed by atoms with Crippen LogP contribution in [0.15, 0.2) is 18.2 Å². The third-order valence-electron chi connectivity index (χ3n) is 4.72. The Morgan fingerprint density at radius 3 is 2.12 bits per heavy atom. The Kier molecular flexibility index (Phi) is 9.64. The van der Waals surface area contributed by atoms with Gasteiger partial charge in [0.15, 0.2) is 11.5 Å². The maximum Gasteiger partial charge on any atom is 0.509 e. The van der Waals surface area contributed by atoms with Crippen molar-refractivity contribution in [2.24, 2.45) is 5.73 Å². The summed E-state index contributed by atoms with van der Waals surface area (Å²) in [4.78, 5) is 46.5. The molecule has 3 atom stereocenters. The lowest BCUT2D eigenvalue weighted by molar-refractivity contribution is -0.139. The molecule has 0 aromatic heterocycles. The molecule has 0 aliphatic carbocycles. The van der Waals surface area contributed by atoms with E-state index in [2.05, 4.69) is 0 Å². The first kappa shape index (κ1) is 26.9. The van der Waals surface area contributed by atoms with Crippen LogP contribution in [-0.2, 0) is 23.9 Å². The first-order chi connectivity index (χ1) is 14.8. The highest BCUT2D eigenvalue weighted by atomic mass is 16.7. The highest BCUT2D eigenvalue weighted by molar-refractivity contribution is 5.76. The van der Waals surface area contributed by atoms with Crippen LogP contribution in [0.3, 0.4) is 0 Å². The van der Waals surface area contributed by atoms with Gasteiger partial charge in [-0.25, -0.2) is 4.79 Å². The summed E-state index contributed by atoms with van der Waals surface area (Å²) >= 11 is 0. The number of hydrogen-bond donors (Lipinski definition) is 2. The first-order valence-electron chi connectivity index (χ1n) is 10.1. The number of nitrogens with two attached hydrogens (primary N) is 1. The minimum Gasteiger partial charge on any atom is -0.480 e. The van der Waals surface area contributed by atoms with Crippen LogP contribution in [0.5, 0.6) is 11.5 Å². The van der Waals surface area contributed by atoms with E-state index in [4.69, 9.17) is 24.7 Å². The van der Waals surface area contributed by atoms with Gasteiger partial charge in [-0.2, -0.15) is 0 Å². The van der Waals surface area contributed by atoms with E-state index in [0.717, 1.165) is 0 Å². The summed E-state index contributed by atoms with van der Waals surface area (Å²) in [5, 5.41) is 9.47. The zero-order valence-corrected chi connectivity index (χ0v) is 19.2. The fourth-order valence-corrected chi connectivity index (χ4v) is 2.78. The molecular formula is C22H31NO9. The number of carbonyl (C=O) groups excluding carboxylic acids is 3. The van der Waals surface area contributed by atoms with Gasteiger partial charge < -0.3 is 29.8 Å². The summed E-state index contributed by atoms with van der Waals surface area (Å²) in [7, 11) is 0. The molecular weight excluding hydrogens is 422 g/mol. The van der Waals surface area contributed by atoms with Crippen molar-refractivity contribution in [3.05, 3.63) is 23.8 Å². The number of carboxylic acids is 1. The van der Waals surface area contributed by atoms with Crippen molar-refractivity contribution in [2.45, 2.75) is 78.0 Å². The van der Waals surface area contributed by atoms with Crippen LogP contribution < -0.4 is 15.2 Å². The highest BCUT2D eigenvalue weighted by Gasteiger charge is 2.31. The van der Waals surface area contributed by atoms with Crippen molar-refractivity contribution in [3.63, 3.8) is 0 Å². The van der Waals surface area contributed by atoms with E-state index in [1.54, 1.807) is 20.8 Å². The third-order valence-corrected chi connectivity index (χ3v) is 4.72. The van der Waals surface area contributed by atoms with Gasteiger partial charge in [0.25, 0.3) is 0 Å². The molecule has 10 nitrogen and oxygen atoms in total. The van der Waals surface area contributed by atoms with Crippen molar-refractivity contribution in [1.29, 1.82) is 0 Å². The third kappa shape index (κ3) is 8.54. The van der Waals surface area contributed by atoms with Gasteiger partial charge >= 0.3 is 24.1 Å². The van der Waals surface area contributed by atoms with Crippen molar-refractivity contribution in [2.75, 3.05) is 0 Å². The largest absolute Gasteiger partial charge is 0.509 e. The molecule has 1 rings (SSSR count). The maximum absolute atomic E-state index is 12.1. The van der Waals surface area contributed by atoms with Gasteiger partial charge in [0.2, 0.25) is 0 Å². The average molecular weight is 453 g/mol. The predicted octanol–water partition coefficient (Wildman–Crippen LogP) is 3.15.